The quantitative estimate of drug-likeness (QED) is 0.259. The Kier molecular flexibility index (Phi) is 8.80. The van der Waals surface area contributed by atoms with E-state index in [9.17, 15) is 14.4 Å². The van der Waals surface area contributed by atoms with E-state index in [0.29, 0.717) is 17.0 Å². The molecule has 9 nitrogen and oxygen atoms in total. The van der Waals surface area contributed by atoms with Crippen LogP contribution >= 0.6 is 11.5 Å². The summed E-state index contributed by atoms with van der Waals surface area (Å²) >= 11 is 0.766. The molecule has 206 valence electrons. The highest BCUT2D eigenvalue weighted by Crippen LogP contribution is 2.34. The van der Waals surface area contributed by atoms with E-state index in [1.54, 1.807) is 43.5 Å². The Labute approximate surface area is 236 Å². The third-order valence-corrected chi connectivity index (χ3v) is 7.31. The van der Waals surface area contributed by atoms with Gasteiger partial charge in [-0.3, -0.25) is 19.3 Å². The van der Waals surface area contributed by atoms with Gasteiger partial charge in [0.05, 0.1) is 12.8 Å². The number of hydrogen-bond donors (Lipinski definition) is 3. The van der Waals surface area contributed by atoms with Gasteiger partial charge in [0.2, 0.25) is 5.91 Å². The molecular formula is C30H31N5O4S. The lowest BCUT2D eigenvalue weighted by molar-refractivity contribution is -0.122. The minimum atomic E-state index is -1.09. The second-order valence-corrected chi connectivity index (χ2v) is 10.2. The summed E-state index contributed by atoms with van der Waals surface area (Å²) < 4.78 is 9.31. The highest BCUT2D eigenvalue weighted by Gasteiger charge is 2.36. The summed E-state index contributed by atoms with van der Waals surface area (Å²) in [5.41, 5.74) is 14.2. The van der Waals surface area contributed by atoms with E-state index in [1.165, 1.54) is 4.90 Å². The topological polar surface area (TPSA) is 141 Å². The fraction of sp³-hybridized carbons (Fsp3) is 0.200. The number of nitrogens with two attached hydrogens (primary N) is 2. The minimum absolute atomic E-state index is 0.0103. The lowest BCUT2D eigenvalue weighted by Gasteiger charge is -2.31. The molecule has 40 heavy (non-hydrogen) atoms. The first kappa shape index (κ1) is 28.3. The van der Waals surface area contributed by atoms with Gasteiger partial charge < -0.3 is 21.5 Å². The zero-order valence-corrected chi connectivity index (χ0v) is 23.3. The molecule has 0 saturated heterocycles. The van der Waals surface area contributed by atoms with Crippen molar-refractivity contribution in [2.75, 3.05) is 17.7 Å². The second-order valence-electron chi connectivity index (χ2n) is 9.44. The summed E-state index contributed by atoms with van der Waals surface area (Å²) in [6.07, 6.45) is 0. The van der Waals surface area contributed by atoms with Gasteiger partial charge in [-0.25, -0.2) is 0 Å². The highest BCUT2D eigenvalue weighted by atomic mass is 32.1. The van der Waals surface area contributed by atoms with E-state index in [0.717, 1.165) is 22.7 Å². The van der Waals surface area contributed by atoms with Gasteiger partial charge in [0.25, 0.3) is 11.8 Å². The first-order valence-electron chi connectivity index (χ1n) is 12.6. The van der Waals surface area contributed by atoms with Crippen molar-refractivity contribution in [2.45, 2.75) is 32.4 Å². The number of nitrogens with zero attached hydrogens (tertiary/aromatic N) is 2. The van der Waals surface area contributed by atoms with Crippen molar-refractivity contribution in [3.63, 3.8) is 0 Å². The Balaban J connectivity index is 1.84. The maximum absolute atomic E-state index is 14.2. The predicted octanol–water partition coefficient (Wildman–Crippen LogP) is 4.66. The maximum atomic E-state index is 14.2. The molecule has 1 heterocycles. The van der Waals surface area contributed by atoms with Crippen molar-refractivity contribution in [3.05, 3.63) is 106 Å². The molecule has 1 unspecified atom stereocenters. The number of ether oxygens (including phenoxy) is 1. The standard InChI is InChI=1S/C30H31N5O4S/c1-18(2)20-9-13-22(14-10-20)35(30(38)27-24(31)25(28(32)36)34-40-27)26(21-11-15-23(39-3)16-12-21)29(37)33-17-19-7-5-4-6-8-19/h4-16,18,26H,17,31H2,1-3H3,(H2,32,36)(H,33,37). The Morgan fingerprint density at radius 1 is 0.950 bits per heavy atom. The van der Waals surface area contributed by atoms with Gasteiger partial charge in [0.1, 0.15) is 16.7 Å². The van der Waals surface area contributed by atoms with Crippen molar-refractivity contribution < 1.29 is 19.1 Å². The first-order valence-corrected chi connectivity index (χ1v) is 13.4. The van der Waals surface area contributed by atoms with Gasteiger partial charge in [-0.15, -0.1) is 0 Å². The molecule has 0 aliphatic heterocycles. The summed E-state index contributed by atoms with van der Waals surface area (Å²) in [6.45, 7) is 4.39. The summed E-state index contributed by atoms with van der Waals surface area (Å²) in [6, 6.07) is 22.7. The third-order valence-electron chi connectivity index (χ3n) is 6.46. The van der Waals surface area contributed by atoms with Gasteiger partial charge in [0, 0.05) is 12.2 Å². The zero-order chi connectivity index (χ0) is 28.8. The van der Waals surface area contributed by atoms with Crippen molar-refractivity contribution >= 4 is 40.6 Å². The smallest absolute Gasteiger partial charge is 0.273 e. The van der Waals surface area contributed by atoms with Gasteiger partial charge in [-0.2, -0.15) is 4.37 Å². The Morgan fingerprint density at radius 2 is 1.57 bits per heavy atom. The minimum Gasteiger partial charge on any atom is -0.497 e. The maximum Gasteiger partial charge on any atom is 0.273 e. The Hall–Kier alpha value is -4.70. The fourth-order valence-corrected chi connectivity index (χ4v) is 4.97. The van der Waals surface area contributed by atoms with Gasteiger partial charge >= 0.3 is 0 Å². The van der Waals surface area contributed by atoms with Crippen LogP contribution in [-0.4, -0.2) is 29.2 Å². The van der Waals surface area contributed by atoms with Crippen LogP contribution in [0.15, 0.2) is 78.9 Å². The number of methoxy groups -OCH3 is 1. The molecule has 0 saturated carbocycles. The lowest BCUT2D eigenvalue weighted by Crippen LogP contribution is -2.44. The largest absolute Gasteiger partial charge is 0.497 e. The van der Waals surface area contributed by atoms with E-state index in [1.807, 2.05) is 42.5 Å². The average molecular weight is 558 g/mol. The van der Waals surface area contributed by atoms with Crippen LogP contribution in [0.1, 0.15) is 62.7 Å². The number of carbonyl (C=O) groups is 3. The SMILES string of the molecule is COc1ccc(C(C(=O)NCc2ccccc2)N(C(=O)c2snc(C(N)=O)c2N)c2ccc(C(C)C)cc2)cc1. The predicted molar refractivity (Wildman–Crippen MR) is 156 cm³/mol. The number of primary amides is 1. The molecule has 0 spiro atoms. The van der Waals surface area contributed by atoms with Crippen molar-refractivity contribution in [2.24, 2.45) is 5.73 Å². The molecule has 0 bridgehead atoms. The molecule has 1 atom stereocenters. The average Bonchev–Trinajstić information content (AvgIpc) is 3.36. The number of nitrogens with one attached hydrogen (secondary N) is 1. The van der Waals surface area contributed by atoms with Gasteiger partial charge in [-0.1, -0.05) is 68.4 Å². The van der Waals surface area contributed by atoms with Crippen LogP contribution in [0.2, 0.25) is 0 Å². The number of benzene rings is 3. The molecule has 10 heteroatoms. The van der Waals surface area contributed by atoms with E-state index in [4.69, 9.17) is 16.2 Å². The molecule has 5 N–H and O–H groups in total. The Bertz CT molecular complexity index is 1490. The van der Waals surface area contributed by atoms with Gasteiger partial charge in [0.15, 0.2) is 5.69 Å². The molecule has 4 rings (SSSR count). The molecule has 4 aromatic rings. The van der Waals surface area contributed by atoms with Crippen molar-refractivity contribution in [3.8, 4) is 5.75 Å². The van der Waals surface area contributed by atoms with E-state index in [-0.39, 0.29) is 28.7 Å². The highest BCUT2D eigenvalue weighted by molar-refractivity contribution is 7.09. The molecule has 0 radical (unpaired) electrons. The van der Waals surface area contributed by atoms with E-state index < -0.39 is 23.8 Å². The second kappa shape index (κ2) is 12.4. The molecular weight excluding hydrogens is 526 g/mol. The number of aromatic nitrogens is 1. The Morgan fingerprint density at radius 3 is 2.12 bits per heavy atom. The molecule has 0 aliphatic carbocycles. The van der Waals surface area contributed by atoms with Gasteiger partial charge in [-0.05, 0) is 58.4 Å². The number of nitrogen functional groups attached to an aromatic ring is 1. The number of anilines is 2. The summed E-state index contributed by atoms with van der Waals surface area (Å²) in [5.74, 6) is -0.971. The number of amides is 3. The normalized spacial score (nSPS) is 11.6. The first-order chi connectivity index (χ1) is 19.2. The van der Waals surface area contributed by atoms with E-state index >= 15 is 0 Å². The summed E-state index contributed by atoms with van der Waals surface area (Å²) in [5, 5.41) is 2.97. The monoisotopic (exact) mass is 557 g/mol. The summed E-state index contributed by atoms with van der Waals surface area (Å²) in [7, 11) is 1.55. The van der Waals surface area contributed by atoms with Crippen LogP contribution < -0.4 is 26.4 Å². The van der Waals surface area contributed by atoms with Crippen LogP contribution in [0.3, 0.4) is 0 Å². The zero-order valence-electron chi connectivity index (χ0n) is 22.5. The van der Waals surface area contributed by atoms with Crippen LogP contribution in [0, 0.1) is 0 Å². The van der Waals surface area contributed by atoms with Crippen LogP contribution in [0.25, 0.3) is 0 Å². The number of rotatable bonds is 10. The van der Waals surface area contributed by atoms with Crippen LogP contribution in [0.4, 0.5) is 11.4 Å². The number of hydrogen-bond acceptors (Lipinski definition) is 7. The molecule has 0 fully saturated rings. The van der Waals surface area contributed by atoms with Crippen LogP contribution in [-0.2, 0) is 11.3 Å². The van der Waals surface area contributed by atoms with Crippen molar-refractivity contribution in [1.82, 2.24) is 9.69 Å². The molecule has 3 amide bonds. The third kappa shape index (κ3) is 6.13. The molecule has 0 aliphatic rings. The van der Waals surface area contributed by atoms with E-state index in [2.05, 4.69) is 23.5 Å². The van der Waals surface area contributed by atoms with Crippen LogP contribution in [0.5, 0.6) is 5.75 Å². The number of carbonyl (C=O) groups excluding carboxylic acids is 3. The molecule has 3 aromatic carbocycles. The fourth-order valence-electron chi connectivity index (χ4n) is 4.23. The summed E-state index contributed by atoms with van der Waals surface area (Å²) in [4.78, 5) is 41.4. The van der Waals surface area contributed by atoms with Crippen molar-refractivity contribution in [1.29, 1.82) is 0 Å². The molecule has 1 aromatic heterocycles. The lowest BCUT2D eigenvalue weighted by atomic mass is 10.00.